The molecule has 1 radical (unpaired) electrons. The van der Waals surface area contributed by atoms with Crippen molar-refractivity contribution < 1.29 is 0 Å². The monoisotopic (exact) mass is 221 g/mol. The van der Waals surface area contributed by atoms with E-state index in [1.807, 2.05) is 18.2 Å². The van der Waals surface area contributed by atoms with E-state index in [1.165, 1.54) is 11.1 Å². The van der Waals surface area contributed by atoms with E-state index in [4.69, 9.17) is 0 Å². The molecule has 0 fully saturated rings. The lowest BCUT2D eigenvalue weighted by atomic mass is 10.2. The summed E-state index contributed by atoms with van der Waals surface area (Å²) in [6.45, 7) is 2.91. The first-order valence-electron chi connectivity index (χ1n) is 5.71. The van der Waals surface area contributed by atoms with Gasteiger partial charge in [-0.3, -0.25) is 0 Å². The molecule has 2 heteroatoms. The zero-order valence-electron chi connectivity index (χ0n) is 9.72. The Labute approximate surface area is 101 Å². The van der Waals surface area contributed by atoms with E-state index in [0.717, 1.165) is 17.9 Å². The highest BCUT2D eigenvalue weighted by atomic mass is 15.1. The van der Waals surface area contributed by atoms with E-state index in [0.29, 0.717) is 0 Å². The van der Waals surface area contributed by atoms with Crippen molar-refractivity contribution in [2.24, 2.45) is 0 Å². The van der Waals surface area contributed by atoms with Gasteiger partial charge < -0.3 is 4.57 Å². The summed E-state index contributed by atoms with van der Waals surface area (Å²) >= 11 is 0. The smallest absolute Gasteiger partial charge is 0.107 e. The predicted octanol–water partition coefficient (Wildman–Crippen LogP) is 3.19. The zero-order chi connectivity index (χ0) is 11.7. The molecule has 0 unspecified atom stereocenters. The lowest BCUT2D eigenvalue weighted by molar-refractivity contribution is 0.786. The molecular formula is C15H13N2. The van der Waals surface area contributed by atoms with Crippen LogP contribution in [0.1, 0.15) is 11.4 Å². The highest BCUT2D eigenvalue weighted by Gasteiger charge is 2.06. The van der Waals surface area contributed by atoms with Crippen molar-refractivity contribution in [2.75, 3.05) is 0 Å². The molecule has 0 saturated carbocycles. The molecule has 0 saturated heterocycles. The molecule has 17 heavy (non-hydrogen) atoms. The molecule has 0 aliphatic carbocycles. The first-order chi connectivity index (χ1) is 8.34. The minimum absolute atomic E-state index is 0.862. The molecule has 1 aromatic heterocycles. The van der Waals surface area contributed by atoms with Gasteiger partial charge in [-0.05, 0) is 30.7 Å². The summed E-state index contributed by atoms with van der Waals surface area (Å²) in [5, 5.41) is 0. The summed E-state index contributed by atoms with van der Waals surface area (Å²) in [5.74, 6) is 1.05. The second kappa shape index (κ2) is 4.06. The summed E-state index contributed by atoms with van der Waals surface area (Å²) in [6, 6.07) is 19.4. The third-order valence-corrected chi connectivity index (χ3v) is 2.97. The maximum absolute atomic E-state index is 4.56. The Morgan fingerprint density at radius 1 is 1.12 bits per heavy atom. The molecule has 0 spiro atoms. The first kappa shape index (κ1) is 10.1. The molecule has 0 atom stereocenters. The molecule has 0 bridgehead atoms. The van der Waals surface area contributed by atoms with Crippen LogP contribution in [0.25, 0.3) is 11.0 Å². The number of nitrogens with zero attached hydrogens (tertiary/aromatic N) is 2. The van der Waals surface area contributed by atoms with Crippen molar-refractivity contribution in [3.63, 3.8) is 0 Å². The number of hydrogen-bond acceptors (Lipinski definition) is 1. The molecule has 2 nitrogen and oxygen atoms in total. The van der Waals surface area contributed by atoms with Crippen LogP contribution < -0.4 is 0 Å². The zero-order valence-corrected chi connectivity index (χ0v) is 9.72. The molecule has 2 aromatic carbocycles. The van der Waals surface area contributed by atoms with Crippen LogP contribution in [0.4, 0.5) is 0 Å². The van der Waals surface area contributed by atoms with Crippen LogP contribution in [0.3, 0.4) is 0 Å². The van der Waals surface area contributed by atoms with Crippen molar-refractivity contribution in [1.29, 1.82) is 0 Å². The van der Waals surface area contributed by atoms with Crippen molar-refractivity contribution in [2.45, 2.75) is 13.5 Å². The number of benzene rings is 2. The van der Waals surface area contributed by atoms with Gasteiger partial charge in [-0.25, -0.2) is 4.98 Å². The van der Waals surface area contributed by atoms with Crippen LogP contribution in [0, 0.1) is 13.0 Å². The maximum Gasteiger partial charge on any atom is 0.107 e. The molecular weight excluding hydrogens is 208 g/mol. The fourth-order valence-electron chi connectivity index (χ4n) is 2.10. The summed E-state index contributed by atoms with van der Waals surface area (Å²) < 4.78 is 2.24. The SMILES string of the molecule is Cc1nc2ccccc2n1Cc1cc[c]cc1. The van der Waals surface area contributed by atoms with Gasteiger partial charge in [0.05, 0.1) is 11.0 Å². The summed E-state index contributed by atoms with van der Waals surface area (Å²) in [5.41, 5.74) is 3.53. The highest BCUT2D eigenvalue weighted by Crippen LogP contribution is 2.17. The van der Waals surface area contributed by atoms with Crippen molar-refractivity contribution >= 4 is 11.0 Å². The molecule has 3 rings (SSSR count). The minimum Gasteiger partial charge on any atom is -0.324 e. The second-order valence-electron chi connectivity index (χ2n) is 4.14. The number of hydrogen-bond donors (Lipinski definition) is 0. The van der Waals surface area contributed by atoms with Crippen LogP contribution in [0.15, 0.2) is 48.5 Å². The number of imidazole rings is 1. The normalized spacial score (nSPS) is 10.9. The number of fused-ring (bicyclic) bond motifs is 1. The first-order valence-corrected chi connectivity index (χ1v) is 5.71. The Morgan fingerprint density at radius 2 is 1.88 bits per heavy atom. The van der Waals surface area contributed by atoms with Crippen LogP contribution in [-0.4, -0.2) is 9.55 Å². The average molecular weight is 221 g/mol. The minimum atomic E-state index is 0.862. The average Bonchev–Trinajstić information content (AvgIpc) is 2.68. The summed E-state index contributed by atoms with van der Waals surface area (Å²) in [6.07, 6.45) is 0. The molecule has 0 aliphatic rings. The summed E-state index contributed by atoms with van der Waals surface area (Å²) in [7, 11) is 0. The van der Waals surface area contributed by atoms with Crippen LogP contribution >= 0.6 is 0 Å². The van der Waals surface area contributed by atoms with Crippen molar-refractivity contribution in [3.05, 3.63) is 66.0 Å². The Morgan fingerprint density at radius 3 is 2.71 bits per heavy atom. The quantitative estimate of drug-likeness (QED) is 0.649. The van der Waals surface area contributed by atoms with Crippen LogP contribution in [0.2, 0.25) is 0 Å². The van der Waals surface area contributed by atoms with Gasteiger partial charge in [0.1, 0.15) is 5.82 Å². The standard InChI is InChI=1S/C15H13N2/c1-12-16-14-9-5-6-10-15(14)17(12)11-13-7-3-2-4-8-13/h3-10H,11H2,1H3. The van der Waals surface area contributed by atoms with Crippen molar-refractivity contribution in [3.8, 4) is 0 Å². The van der Waals surface area contributed by atoms with Gasteiger partial charge in [-0.1, -0.05) is 36.4 Å². The molecule has 1 heterocycles. The van der Waals surface area contributed by atoms with Gasteiger partial charge in [0.15, 0.2) is 0 Å². The molecule has 0 N–H and O–H groups in total. The van der Waals surface area contributed by atoms with Crippen LogP contribution in [0.5, 0.6) is 0 Å². The number of aryl methyl sites for hydroxylation is 1. The fraction of sp³-hybridized carbons (Fsp3) is 0.133. The number of aromatic nitrogens is 2. The molecule has 3 aromatic rings. The Kier molecular flexibility index (Phi) is 2.41. The van der Waals surface area contributed by atoms with E-state index >= 15 is 0 Å². The van der Waals surface area contributed by atoms with Gasteiger partial charge in [0.2, 0.25) is 0 Å². The fourth-order valence-corrected chi connectivity index (χ4v) is 2.10. The van der Waals surface area contributed by atoms with Gasteiger partial charge in [-0.2, -0.15) is 0 Å². The van der Waals surface area contributed by atoms with E-state index in [1.54, 1.807) is 0 Å². The third-order valence-electron chi connectivity index (χ3n) is 2.97. The van der Waals surface area contributed by atoms with Gasteiger partial charge in [0, 0.05) is 6.54 Å². The third kappa shape index (κ3) is 1.82. The van der Waals surface area contributed by atoms with Gasteiger partial charge >= 0.3 is 0 Å². The van der Waals surface area contributed by atoms with E-state index in [9.17, 15) is 0 Å². The summed E-state index contributed by atoms with van der Waals surface area (Å²) in [4.78, 5) is 4.56. The van der Waals surface area contributed by atoms with Gasteiger partial charge in [-0.15, -0.1) is 0 Å². The Hall–Kier alpha value is -2.09. The Balaban J connectivity index is 2.08. The lowest BCUT2D eigenvalue weighted by Crippen LogP contribution is -2.01. The van der Waals surface area contributed by atoms with E-state index in [-0.39, 0.29) is 0 Å². The second-order valence-corrected chi connectivity index (χ2v) is 4.14. The van der Waals surface area contributed by atoms with Gasteiger partial charge in [0.25, 0.3) is 0 Å². The number of rotatable bonds is 2. The van der Waals surface area contributed by atoms with Crippen LogP contribution in [-0.2, 0) is 6.54 Å². The van der Waals surface area contributed by atoms with E-state index in [2.05, 4.69) is 52.9 Å². The lowest BCUT2D eigenvalue weighted by Gasteiger charge is -2.06. The molecule has 0 amide bonds. The maximum atomic E-state index is 4.56. The predicted molar refractivity (Wildman–Crippen MR) is 68.9 cm³/mol. The largest absolute Gasteiger partial charge is 0.324 e. The van der Waals surface area contributed by atoms with E-state index < -0.39 is 0 Å². The topological polar surface area (TPSA) is 17.8 Å². The molecule has 83 valence electrons. The highest BCUT2D eigenvalue weighted by molar-refractivity contribution is 5.75. The molecule has 0 aliphatic heterocycles. The Bertz CT molecular complexity index is 638. The number of para-hydroxylation sites is 2. The van der Waals surface area contributed by atoms with Crippen molar-refractivity contribution in [1.82, 2.24) is 9.55 Å².